The Bertz CT molecular complexity index is 589. The molecular weight excluding hydrogens is 284 g/mol. The van der Waals surface area contributed by atoms with E-state index in [1.807, 2.05) is 0 Å². The fraction of sp³-hybridized carbons (Fsp3) is 0.273. The highest BCUT2D eigenvalue weighted by molar-refractivity contribution is 7.90. The summed E-state index contributed by atoms with van der Waals surface area (Å²) in [5.41, 5.74) is 0. The maximum absolute atomic E-state index is 12.1. The lowest BCUT2D eigenvalue weighted by atomic mass is 10.5. The first-order chi connectivity index (χ1) is 9.63. The Morgan fingerprint density at radius 3 is 2.85 bits per heavy atom. The second-order valence-electron chi connectivity index (χ2n) is 3.84. The summed E-state index contributed by atoms with van der Waals surface area (Å²) < 4.78 is 13.4. The van der Waals surface area contributed by atoms with Crippen molar-refractivity contribution in [2.45, 2.75) is 17.2 Å². The Kier molecular flexibility index (Phi) is 4.66. The van der Waals surface area contributed by atoms with Crippen molar-refractivity contribution >= 4 is 17.0 Å². The fourth-order valence-electron chi connectivity index (χ4n) is 1.69. The topological polar surface area (TPSA) is 117 Å². The van der Waals surface area contributed by atoms with Crippen molar-refractivity contribution < 1.29 is 14.6 Å². The van der Waals surface area contributed by atoms with E-state index in [1.165, 1.54) is 10.8 Å². The zero-order valence-electron chi connectivity index (χ0n) is 10.4. The zero-order valence-corrected chi connectivity index (χ0v) is 11.2. The average molecular weight is 296 g/mol. The summed E-state index contributed by atoms with van der Waals surface area (Å²) in [6.45, 7) is -0.223. The van der Waals surface area contributed by atoms with Crippen molar-refractivity contribution in [2.75, 3.05) is 6.61 Å². The molecule has 0 amide bonds. The van der Waals surface area contributed by atoms with Gasteiger partial charge in [-0.15, -0.1) is 0 Å². The van der Waals surface area contributed by atoms with Gasteiger partial charge in [-0.3, -0.25) is 4.98 Å². The first-order valence-electron chi connectivity index (χ1n) is 5.71. The van der Waals surface area contributed by atoms with Gasteiger partial charge < -0.3 is 19.8 Å². The number of rotatable bonds is 6. The smallest absolute Gasteiger partial charge is 0.343 e. The summed E-state index contributed by atoms with van der Waals surface area (Å²) in [6.07, 6.45) is 4.15. The molecule has 1 unspecified atom stereocenters. The van der Waals surface area contributed by atoms with Crippen molar-refractivity contribution in [3.8, 4) is 0 Å². The minimum Gasteiger partial charge on any atom is -0.611 e. The zero-order chi connectivity index (χ0) is 14.5. The third kappa shape index (κ3) is 3.13. The SMILES string of the molecule is O=[N+]([O-])c1cnc(C[S+]([O-])c2cccnc2)n1CCO. The second-order valence-corrected chi connectivity index (χ2v) is 5.29. The van der Waals surface area contributed by atoms with E-state index in [9.17, 15) is 14.7 Å². The molecule has 0 fully saturated rings. The lowest BCUT2D eigenvalue weighted by Gasteiger charge is -2.08. The number of pyridine rings is 1. The molecule has 0 aromatic carbocycles. The van der Waals surface area contributed by atoms with Gasteiger partial charge in [0.05, 0.1) is 12.8 Å². The van der Waals surface area contributed by atoms with Crippen LogP contribution in [-0.2, 0) is 23.5 Å². The molecule has 0 spiro atoms. The van der Waals surface area contributed by atoms with Gasteiger partial charge >= 0.3 is 5.82 Å². The molecule has 0 saturated carbocycles. The molecule has 0 radical (unpaired) electrons. The standard InChI is InChI=1S/C11H12N4O4S/c16-5-4-14-10(13-7-11(14)15(17)18)8-20(19)9-2-1-3-12-6-9/h1-3,6-7,16H,4-5,8H2. The van der Waals surface area contributed by atoms with Gasteiger partial charge in [-0.2, -0.15) is 0 Å². The van der Waals surface area contributed by atoms with Crippen molar-refractivity contribution in [1.29, 1.82) is 0 Å². The quantitative estimate of drug-likeness (QED) is 0.471. The van der Waals surface area contributed by atoms with E-state index >= 15 is 0 Å². The third-order valence-corrected chi connectivity index (χ3v) is 3.87. The first-order valence-corrected chi connectivity index (χ1v) is 7.03. The lowest BCUT2D eigenvalue weighted by Crippen LogP contribution is -2.14. The van der Waals surface area contributed by atoms with Crippen molar-refractivity contribution in [3.05, 3.63) is 46.7 Å². The Labute approximate surface area is 117 Å². The van der Waals surface area contributed by atoms with E-state index in [1.54, 1.807) is 18.3 Å². The average Bonchev–Trinajstić information content (AvgIpc) is 2.83. The number of aliphatic hydroxyl groups excluding tert-OH is 1. The number of hydrogen-bond donors (Lipinski definition) is 1. The van der Waals surface area contributed by atoms with Crippen LogP contribution in [0.4, 0.5) is 5.82 Å². The molecule has 0 aliphatic heterocycles. The molecule has 2 heterocycles. The summed E-state index contributed by atoms with van der Waals surface area (Å²) in [4.78, 5) is 18.6. The number of imidazole rings is 1. The number of aromatic nitrogens is 3. The first kappa shape index (κ1) is 14.4. The maximum Gasteiger partial charge on any atom is 0.343 e. The van der Waals surface area contributed by atoms with Gasteiger partial charge in [0.1, 0.15) is 12.7 Å². The molecule has 8 nitrogen and oxygen atoms in total. The summed E-state index contributed by atoms with van der Waals surface area (Å²) in [6, 6.07) is 3.33. The van der Waals surface area contributed by atoms with Gasteiger partial charge in [0, 0.05) is 6.20 Å². The summed E-state index contributed by atoms with van der Waals surface area (Å²) in [7, 11) is 0. The number of nitro groups is 1. The molecule has 2 aromatic rings. The predicted octanol–water partition coefficient (Wildman–Crippen LogP) is 0.486. The molecule has 0 aliphatic carbocycles. The van der Waals surface area contributed by atoms with E-state index in [2.05, 4.69) is 9.97 Å². The van der Waals surface area contributed by atoms with Crippen LogP contribution in [-0.4, -0.2) is 35.7 Å². The normalized spacial score (nSPS) is 12.3. The van der Waals surface area contributed by atoms with Crippen LogP contribution in [0.3, 0.4) is 0 Å². The van der Waals surface area contributed by atoms with Crippen LogP contribution in [0.25, 0.3) is 0 Å². The molecule has 0 bridgehead atoms. The third-order valence-electron chi connectivity index (χ3n) is 2.59. The summed E-state index contributed by atoms with van der Waals surface area (Å²) in [5, 5.41) is 19.8. The largest absolute Gasteiger partial charge is 0.611 e. The van der Waals surface area contributed by atoms with Gasteiger partial charge in [0.25, 0.3) is 0 Å². The highest BCUT2D eigenvalue weighted by Gasteiger charge is 2.24. The molecule has 9 heteroatoms. The molecule has 0 aliphatic rings. The molecular formula is C11H12N4O4S. The van der Waals surface area contributed by atoms with E-state index in [0.29, 0.717) is 10.7 Å². The molecule has 20 heavy (non-hydrogen) atoms. The van der Waals surface area contributed by atoms with Gasteiger partial charge in [-0.05, 0) is 28.2 Å². The molecule has 0 saturated heterocycles. The monoisotopic (exact) mass is 296 g/mol. The van der Waals surface area contributed by atoms with Gasteiger partial charge in [-0.1, -0.05) is 0 Å². The maximum atomic E-state index is 12.1. The van der Waals surface area contributed by atoms with Crippen molar-refractivity contribution in [3.63, 3.8) is 0 Å². The van der Waals surface area contributed by atoms with Crippen LogP contribution >= 0.6 is 0 Å². The second kappa shape index (κ2) is 6.46. The number of aliphatic hydroxyl groups is 1. The van der Waals surface area contributed by atoms with Crippen LogP contribution in [0.15, 0.2) is 35.6 Å². The van der Waals surface area contributed by atoms with Crippen LogP contribution < -0.4 is 0 Å². The Morgan fingerprint density at radius 2 is 2.25 bits per heavy atom. The highest BCUT2D eigenvalue weighted by atomic mass is 32.2. The molecule has 106 valence electrons. The van der Waals surface area contributed by atoms with Crippen molar-refractivity contribution in [2.24, 2.45) is 0 Å². The lowest BCUT2D eigenvalue weighted by molar-refractivity contribution is -0.392. The van der Waals surface area contributed by atoms with Crippen LogP contribution in [0.5, 0.6) is 0 Å². The van der Waals surface area contributed by atoms with Crippen LogP contribution in [0, 0.1) is 10.1 Å². The minimum absolute atomic E-state index is 0.0273. The number of nitrogens with zero attached hydrogens (tertiary/aromatic N) is 4. The van der Waals surface area contributed by atoms with Crippen molar-refractivity contribution in [1.82, 2.24) is 14.5 Å². The minimum atomic E-state index is -1.40. The highest BCUT2D eigenvalue weighted by Crippen LogP contribution is 2.19. The Hall–Kier alpha value is -1.97. The van der Waals surface area contributed by atoms with E-state index in [0.717, 1.165) is 6.20 Å². The summed E-state index contributed by atoms with van der Waals surface area (Å²) >= 11 is -1.40. The predicted molar refractivity (Wildman–Crippen MR) is 70.3 cm³/mol. The molecule has 1 N–H and O–H groups in total. The Balaban J connectivity index is 2.23. The van der Waals surface area contributed by atoms with Gasteiger partial charge in [-0.25, -0.2) is 9.55 Å². The van der Waals surface area contributed by atoms with E-state index in [-0.39, 0.29) is 24.7 Å². The van der Waals surface area contributed by atoms with Gasteiger partial charge in [0.15, 0.2) is 10.6 Å². The van der Waals surface area contributed by atoms with Gasteiger partial charge in [0.2, 0.25) is 5.82 Å². The molecule has 2 rings (SSSR count). The molecule has 1 atom stereocenters. The van der Waals surface area contributed by atoms with Crippen LogP contribution in [0.2, 0.25) is 0 Å². The molecule has 2 aromatic heterocycles. The van der Waals surface area contributed by atoms with Crippen LogP contribution in [0.1, 0.15) is 5.82 Å². The Morgan fingerprint density at radius 1 is 1.45 bits per heavy atom. The summed E-state index contributed by atoms with van der Waals surface area (Å²) in [5.74, 6) is 0.102. The van der Waals surface area contributed by atoms with E-state index in [4.69, 9.17) is 5.11 Å². The fourth-order valence-corrected chi connectivity index (χ4v) is 2.73. The van der Waals surface area contributed by atoms with E-state index < -0.39 is 16.1 Å². The number of hydrogen-bond acceptors (Lipinski definition) is 6.